The minimum atomic E-state index is -0.397. The molecule has 1 aliphatic heterocycles. The lowest BCUT2D eigenvalue weighted by Crippen LogP contribution is -2.36. The first-order valence-electron chi connectivity index (χ1n) is 7.76. The van der Waals surface area contributed by atoms with Crippen LogP contribution in [0.25, 0.3) is 16.2 Å². The highest BCUT2D eigenvalue weighted by Crippen LogP contribution is 2.24. The van der Waals surface area contributed by atoms with Gasteiger partial charge in [-0.1, -0.05) is 12.1 Å². The third-order valence-corrected chi connectivity index (χ3v) is 4.76. The SMILES string of the molecule is O=C(CN1C(=O)CCC1=O)Nc1cccc(-c2cn3ccsc3n2)c1. The number of anilines is 1. The predicted octanol–water partition coefficient (Wildman–Crippen LogP) is 2.15. The van der Waals surface area contributed by atoms with E-state index in [1.54, 1.807) is 17.4 Å². The molecule has 0 saturated carbocycles. The Hall–Kier alpha value is -3.00. The van der Waals surface area contributed by atoms with Crippen LogP contribution in [0.5, 0.6) is 0 Å². The Morgan fingerprint density at radius 2 is 2.04 bits per heavy atom. The maximum Gasteiger partial charge on any atom is 0.244 e. The van der Waals surface area contributed by atoms with Crippen molar-refractivity contribution in [3.8, 4) is 11.3 Å². The summed E-state index contributed by atoms with van der Waals surface area (Å²) in [6.07, 6.45) is 4.22. The van der Waals surface area contributed by atoms with Crippen molar-refractivity contribution in [2.45, 2.75) is 12.8 Å². The van der Waals surface area contributed by atoms with Gasteiger partial charge in [0, 0.05) is 41.9 Å². The Morgan fingerprint density at radius 3 is 2.80 bits per heavy atom. The van der Waals surface area contributed by atoms with E-state index in [4.69, 9.17) is 0 Å². The first kappa shape index (κ1) is 15.5. The summed E-state index contributed by atoms with van der Waals surface area (Å²) in [4.78, 5) is 41.7. The van der Waals surface area contributed by atoms with E-state index in [1.807, 2.05) is 40.4 Å². The Balaban J connectivity index is 1.49. The number of hydrogen-bond donors (Lipinski definition) is 1. The zero-order chi connectivity index (χ0) is 17.4. The number of carbonyl (C=O) groups excluding carboxylic acids is 3. The fourth-order valence-corrected chi connectivity index (χ4v) is 3.47. The zero-order valence-corrected chi connectivity index (χ0v) is 14.0. The molecule has 1 aromatic carbocycles. The average molecular weight is 354 g/mol. The van der Waals surface area contributed by atoms with E-state index in [1.165, 1.54) is 0 Å². The van der Waals surface area contributed by atoms with Crippen LogP contribution < -0.4 is 5.32 Å². The van der Waals surface area contributed by atoms with Crippen LogP contribution in [0.15, 0.2) is 42.0 Å². The monoisotopic (exact) mass is 354 g/mol. The number of carbonyl (C=O) groups is 3. The van der Waals surface area contributed by atoms with Gasteiger partial charge in [-0.3, -0.25) is 23.7 Å². The summed E-state index contributed by atoms with van der Waals surface area (Å²) in [5.41, 5.74) is 2.29. The highest BCUT2D eigenvalue weighted by atomic mass is 32.1. The van der Waals surface area contributed by atoms with Crippen LogP contribution in [0.4, 0.5) is 5.69 Å². The van der Waals surface area contributed by atoms with Crippen LogP contribution in [0.2, 0.25) is 0 Å². The van der Waals surface area contributed by atoms with Gasteiger partial charge in [-0.25, -0.2) is 4.98 Å². The van der Waals surface area contributed by atoms with Crippen LogP contribution >= 0.6 is 11.3 Å². The maximum atomic E-state index is 12.1. The number of amides is 3. The number of imidazole rings is 1. The third kappa shape index (κ3) is 3.03. The van der Waals surface area contributed by atoms with Crippen LogP contribution in [0.1, 0.15) is 12.8 Å². The van der Waals surface area contributed by atoms with Crippen molar-refractivity contribution in [3.63, 3.8) is 0 Å². The highest BCUT2D eigenvalue weighted by Gasteiger charge is 2.30. The third-order valence-electron chi connectivity index (χ3n) is 3.99. The van der Waals surface area contributed by atoms with E-state index < -0.39 is 5.91 Å². The molecular formula is C17H14N4O3S. The number of hydrogen-bond acceptors (Lipinski definition) is 5. The maximum absolute atomic E-state index is 12.1. The Labute approximate surface area is 146 Å². The average Bonchev–Trinajstić information content (AvgIpc) is 3.26. The molecule has 0 aliphatic carbocycles. The van der Waals surface area contributed by atoms with E-state index in [0.717, 1.165) is 21.1 Å². The first-order chi connectivity index (χ1) is 12.1. The summed E-state index contributed by atoms with van der Waals surface area (Å²) in [5.74, 6) is -0.995. The van der Waals surface area contributed by atoms with Gasteiger partial charge in [-0.15, -0.1) is 11.3 Å². The van der Waals surface area contributed by atoms with Gasteiger partial charge < -0.3 is 5.32 Å². The van der Waals surface area contributed by atoms with Crippen molar-refractivity contribution < 1.29 is 14.4 Å². The first-order valence-corrected chi connectivity index (χ1v) is 8.64. The van der Waals surface area contributed by atoms with Crippen LogP contribution in [0, 0.1) is 0 Å². The minimum absolute atomic E-state index is 0.180. The van der Waals surface area contributed by atoms with Crippen molar-refractivity contribution >= 4 is 39.7 Å². The van der Waals surface area contributed by atoms with Gasteiger partial charge in [0.2, 0.25) is 17.7 Å². The van der Waals surface area contributed by atoms with Gasteiger partial charge in [-0.2, -0.15) is 0 Å². The van der Waals surface area contributed by atoms with E-state index >= 15 is 0 Å². The van der Waals surface area contributed by atoms with Gasteiger partial charge in [0.1, 0.15) is 6.54 Å². The van der Waals surface area contributed by atoms with Gasteiger partial charge in [0.15, 0.2) is 4.96 Å². The molecule has 1 N–H and O–H groups in total. The predicted molar refractivity (Wildman–Crippen MR) is 93.1 cm³/mol. The molecule has 1 saturated heterocycles. The van der Waals surface area contributed by atoms with Gasteiger partial charge in [0.05, 0.1) is 5.69 Å². The molecule has 2 aromatic heterocycles. The lowest BCUT2D eigenvalue weighted by molar-refractivity contribution is -0.141. The summed E-state index contributed by atoms with van der Waals surface area (Å²) < 4.78 is 1.94. The number of thiazole rings is 1. The number of imide groups is 1. The number of nitrogens with one attached hydrogen (secondary N) is 1. The molecule has 0 radical (unpaired) electrons. The number of rotatable bonds is 4. The summed E-state index contributed by atoms with van der Waals surface area (Å²) >= 11 is 1.55. The summed E-state index contributed by atoms with van der Waals surface area (Å²) in [5, 5.41) is 4.69. The normalized spacial score (nSPS) is 14.5. The molecule has 3 aromatic rings. The molecule has 8 heteroatoms. The number of likely N-dealkylation sites (tertiary alicyclic amines) is 1. The zero-order valence-electron chi connectivity index (χ0n) is 13.1. The summed E-state index contributed by atoms with van der Waals surface area (Å²) in [6.45, 7) is -0.248. The van der Waals surface area contributed by atoms with Gasteiger partial charge >= 0.3 is 0 Å². The van der Waals surface area contributed by atoms with Crippen molar-refractivity contribution in [2.24, 2.45) is 0 Å². The molecule has 25 heavy (non-hydrogen) atoms. The fraction of sp³-hybridized carbons (Fsp3) is 0.176. The highest BCUT2D eigenvalue weighted by molar-refractivity contribution is 7.15. The second kappa shape index (κ2) is 6.14. The smallest absolute Gasteiger partial charge is 0.244 e. The molecule has 4 rings (SSSR count). The number of benzene rings is 1. The minimum Gasteiger partial charge on any atom is -0.325 e. The van der Waals surface area contributed by atoms with E-state index in [-0.39, 0.29) is 31.2 Å². The Bertz CT molecular complexity index is 946. The number of aromatic nitrogens is 2. The molecule has 0 bridgehead atoms. The van der Waals surface area contributed by atoms with E-state index in [9.17, 15) is 14.4 Å². The molecule has 7 nitrogen and oxygen atoms in total. The van der Waals surface area contributed by atoms with E-state index in [0.29, 0.717) is 5.69 Å². The number of fused-ring (bicyclic) bond motifs is 1. The van der Waals surface area contributed by atoms with Gasteiger partial charge in [-0.05, 0) is 12.1 Å². The van der Waals surface area contributed by atoms with Crippen LogP contribution in [-0.2, 0) is 14.4 Å². The molecule has 126 valence electrons. The standard InChI is InChI=1S/C17H14N4O3S/c22-14(10-21-15(23)4-5-16(21)24)18-12-3-1-2-11(8-12)13-9-20-6-7-25-17(20)19-13/h1-3,6-9H,4-5,10H2,(H,18,22). The Kier molecular flexibility index (Phi) is 3.81. The second-order valence-corrected chi connectivity index (χ2v) is 6.59. The summed E-state index contributed by atoms with van der Waals surface area (Å²) in [7, 11) is 0. The molecule has 0 atom stereocenters. The lowest BCUT2D eigenvalue weighted by atomic mass is 10.1. The largest absolute Gasteiger partial charge is 0.325 e. The number of nitrogens with zero attached hydrogens (tertiary/aromatic N) is 3. The summed E-state index contributed by atoms with van der Waals surface area (Å²) in [6, 6.07) is 7.31. The molecule has 0 spiro atoms. The molecule has 1 aliphatic rings. The van der Waals surface area contributed by atoms with Crippen LogP contribution in [0.3, 0.4) is 0 Å². The van der Waals surface area contributed by atoms with E-state index in [2.05, 4.69) is 10.3 Å². The van der Waals surface area contributed by atoms with Crippen LogP contribution in [-0.4, -0.2) is 38.6 Å². The molecule has 3 amide bonds. The van der Waals surface area contributed by atoms with Crippen molar-refractivity contribution in [2.75, 3.05) is 11.9 Å². The quantitative estimate of drug-likeness (QED) is 0.728. The van der Waals surface area contributed by atoms with Gasteiger partial charge in [0.25, 0.3) is 0 Å². The second-order valence-electron chi connectivity index (χ2n) is 5.72. The Morgan fingerprint density at radius 1 is 1.24 bits per heavy atom. The molecule has 3 heterocycles. The van der Waals surface area contributed by atoms with Crippen molar-refractivity contribution in [3.05, 3.63) is 42.0 Å². The molecule has 1 fully saturated rings. The topological polar surface area (TPSA) is 83.8 Å². The molecule has 0 unspecified atom stereocenters. The fourth-order valence-electron chi connectivity index (χ4n) is 2.77. The lowest BCUT2D eigenvalue weighted by Gasteiger charge is -2.13. The van der Waals surface area contributed by atoms with Crippen molar-refractivity contribution in [1.29, 1.82) is 0 Å². The van der Waals surface area contributed by atoms with Crippen molar-refractivity contribution in [1.82, 2.24) is 14.3 Å². The molecular weight excluding hydrogens is 340 g/mol.